The highest BCUT2D eigenvalue weighted by atomic mass is 16.2. The SMILES string of the molecule is CCn1cnnc1C1CCCN(C(=O)c2cnc(N(C)C)cn2)C1. The van der Waals surface area contributed by atoms with E-state index in [-0.39, 0.29) is 11.8 Å². The van der Waals surface area contributed by atoms with Crippen LogP contribution in [0, 0.1) is 0 Å². The van der Waals surface area contributed by atoms with Crippen LogP contribution in [0.3, 0.4) is 0 Å². The van der Waals surface area contributed by atoms with Gasteiger partial charge in [0.1, 0.15) is 23.7 Å². The number of likely N-dealkylation sites (tertiary alicyclic amines) is 1. The number of amides is 1. The van der Waals surface area contributed by atoms with Crippen LogP contribution >= 0.6 is 0 Å². The van der Waals surface area contributed by atoms with E-state index in [2.05, 4.69) is 27.1 Å². The molecule has 3 heterocycles. The fraction of sp³-hybridized carbons (Fsp3) is 0.562. The monoisotopic (exact) mass is 329 g/mol. The molecule has 128 valence electrons. The quantitative estimate of drug-likeness (QED) is 0.838. The van der Waals surface area contributed by atoms with Crippen molar-refractivity contribution in [3.63, 3.8) is 0 Å². The molecule has 1 unspecified atom stereocenters. The Hall–Kier alpha value is -2.51. The first-order chi connectivity index (χ1) is 11.6. The highest BCUT2D eigenvalue weighted by Gasteiger charge is 2.28. The third-order valence-electron chi connectivity index (χ3n) is 4.38. The third-order valence-corrected chi connectivity index (χ3v) is 4.38. The number of hydrogen-bond acceptors (Lipinski definition) is 6. The maximum Gasteiger partial charge on any atom is 0.274 e. The lowest BCUT2D eigenvalue weighted by atomic mass is 9.97. The number of carbonyl (C=O) groups excluding carboxylic acids is 1. The molecule has 0 spiro atoms. The predicted molar refractivity (Wildman–Crippen MR) is 89.9 cm³/mol. The topological polar surface area (TPSA) is 80.0 Å². The molecular weight excluding hydrogens is 306 g/mol. The normalized spacial score (nSPS) is 17.8. The van der Waals surface area contributed by atoms with Crippen LogP contribution in [-0.4, -0.2) is 62.7 Å². The third kappa shape index (κ3) is 3.22. The molecule has 24 heavy (non-hydrogen) atoms. The molecule has 2 aromatic rings. The molecule has 3 rings (SSSR count). The lowest BCUT2D eigenvalue weighted by Gasteiger charge is -2.32. The molecule has 2 aromatic heterocycles. The van der Waals surface area contributed by atoms with Gasteiger partial charge in [0.25, 0.3) is 5.91 Å². The molecule has 1 saturated heterocycles. The minimum absolute atomic E-state index is 0.0694. The maximum atomic E-state index is 12.7. The van der Waals surface area contributed by atoms with E-state index in [4.69, 9.17) is 0 Å². The smallest absolute Gasteiger partial charge is 0.274 e. The van der Waals surface area contributed by atoms with E-state index >= 15 is 0 Å². The zero-order valence-electron chi connectivity index (χ0n) is 14.4. The molecule has 1 atom stereocenters. The average molecular weight is 329 g/mol. The molecule has 0 N–H and O–H groups in total. The van der Waals surface area contributed by atoms with E-state index in [1.165, 1.54) is 0 Å². The largest absolute Gasteiger partial charge is 0.361 e. The average Bonchev–Trinajstić information content (AvgIpc) is 3.10. The van der Waals surface area contributed by atoms with Gasteiger partial charge < -0.3 is 14.4 Å². The Labute approximate surface area is 141 Å². The van der Waals surface area contributed by atoms with Gasteiger partial charge in [-0.25, -0.2) is 9.97 Å². The summed E-state index contributed by atoms with van der Waals surface area (Å²) in [6.07, 6.45) is 6.91. The summed E-state index contributed by atoms with van der Waals surface area (Å²) in [5.41, 5.74) is 0.387. The van der Waals surface area contributed by atoms with Crippen molar-refractivity contribution in [2.75, 3.05) is 32.1 Å². The van der Waals surface area contributed by atoms with Gasteiger partial charge in [0.05, 0.1) is 12.4 Å². The van der Waals surface area contributed by atoms with E-state index in [0.29, 0.717) is 12.2 Å². The Morgan fingerprint density at radius 3 is 2.83 bits per heavy atom. The second-order valence-electron chi connectivity index (χ2n) is 6.22. The van der Waals surface area contributed by atoms with Crippen LogP contribution in [0.2, 0.25) is 0 Å². The molecule has 0 aromatic carbocycles. The van der Waals surface area contributed by atoms with Gasteiger partial charge in [-0.2, -0.15) is 0 Å². The van der Waals surface area contributed by atoms with Crippen LogP contribution < -0.4 is 4.90 Å². The minimum Gasteiger partial charge on any atom is -0.361 e. The number of hydrogen-bond donors (Lipinski definition) is 0. The molecule has 0 saturated carbocycles. The summed E-state index contributed by atoms with van der Waals surface area (Å²) in [7, 11) is 3.79. The second-order valence-corrected chi connectivity index (χ2v) is 6.22. The van der Waals surface area contributed by atoms with Crippen LogP contribution in [0.25, 0.3) is 0 Å². The summed E-state index contributed by atoms with van der Waals surface area (Å²) in [5, 5.41) is 8.25. The van der Waals surface area contributed by atoms with Gasteiger partial charge in [-0.1, -0.05) is 0 Å². The van der Waals surface area contributed by atoms with Gasteiger partial charge in [0.2, 0.25) is 0 Å². The summed E-state index contributed by atoms with van der Waals surface area (Å²) in [4.78, 5) is 25.0. The highest BCUT2D eigenvalue weighted by molar-refractivity contribution is 5.92. The number of anilines is 1. The van der Waals surface area contributed by atoms with Crippen molar-refractivity contribution in [3.05, 3.63) is 30.2 Å². The zero-order chi connectivity index (χ0) is 17.1. The summed E-state index contributed by atoms with van der Waals surface area (Å²) < 4.78 is 2.05. The molecule has 1 aliphatic heterocycles. The van der Waals surface area contributed by atoms with Crippen LogP contribution in [0.5, 0.6) is 0 Å². The van der Waals surface area contributed by atoms with Gasteiger partial charge in [0, 0.05) is 39.6 Å². The standard InChI is InChI=1S/C16H23N7O/c1-4-22-11-19-20-15(22)12-6-5-7-23(10-12)16(24)13-8-18-14(9-17-13)21(2)3/h8-9,11-12H,4-7,10H2,1-3H3. The van der Waals surface area contributed by atoms with Crippen molar-refractivity contribution in [1.82, 2.24) is 29.6 Å². The fourth-order valence-corrected chi connectivity index (χ4v) is 3.02. The molecule has 0 radical (unpaired) electrons. The molecular formula is C16H23N7O. The number of carbonyl (C=O) groups is 1. The van der Waals surface area contributed by atoms with E-state index in [0.717, 1.165) is 37.6 Å². The Bertz CT molecular complexity index is 695. The van der Waals surface area contributed by atoms with Gasteiger partial charge in [0.15, 0.2) is 0 Å². The Morgan fingerprint density at radius 2 is 2.17 bits per heavy atom. The molecule has 0 bridgehead atoms. The van der Waals surface area contributed by atoms with E-state index in [9.17, 15) is 4.79 Å². The molecule has 1 aliphatic rings. The van der Waals surface area contributed by atoms with Crippen LogP contribution in [0.4, 0.5) is 5.82 Å². The molecule has 8 nitrogen and oxygen atoms in total. The number of rotatable bonds is 4. The summed E-state index contributed by atoms with van der Waals surface area (Å²) in [6, 6.07) is 0. The highest BCUT2D eigenvalue weighted by Crippen LogP contribution is 2.26. The lowest BCUT2D eigenvalue weighted by molar-refractivity contribution is 0.0697. The number of aromatic nitrogens is 5. The summed E-state index contributed by atoms with van der Waals surface area (Å²) in [5.74, 6) is 1.85. The van der Waals surface area contributed by atoms with E-state index in [1.807, 2.05) is 28.5 Å². The first-order valence-corrected chi connectivity index (χ1v) is 8.26. The second kappa shape index (κ2) is 6.94. The number of piperidine rings is 1. The first-order valence-electron chi connectivity index (χ1n) is 8.26. The number of aryl methyl sites for hydroxylation is 1. The lowest BCUT2D eigenvalue weighted by Crippen LogP contribution is -2.40. The maximum absolute atomic E-state index is 12.7. The number of nitrogens with zero attached hydrogens (tertiary/aromatic N) is 7. The van der Waals surface area contributed by atoms with Crippen molar-refractivity contribution < 1.29 is 4.79 Å². The van der Waals surface area contributed by atoms with Crippen molar-refractivity contribution in [2.24, 2.45) is 0 Å². The van der Waals surface area contributed by atoms with Crippen molar-refractivity contribution in [2.45, 2.75) is 32.2 Å². The molecule has 1 fully saturated rings. The van der Waals surface area contributed by atoms with Crippen LogP contribution in [0.15, 0.2) is 18.7 Å². The van der Waals surface area contributed by atoms with Crippen LogP contribution in [0.1, 0.15) is 42.0 Å². The first kappa shape index (κ1) is 16.4. The minimum atomic E-state index is -0.0694. The summed E-state index contributed by atoms with van der Waals surface area (Å²) >= 11 is 0. The van der Waals surface area contributed by atoms with Gasteiger partial charge in [-0.05, 0) is 19.8 Å². The predicted octanol–water partition coefficient (Wildman–Crippen LogP) is 1.17. The fourth-order valence-electron chi connectivity index (χ4n) is 3.02. The van der Waals surface area contributed by atoms with E-state index in [1.54, 1.807) is 18.7 Å². The van der Waals surface area contributed by atoms with Gasteiger partial charge in [-0.15, -0.1) is 10.2 Å². The van der Waals surface area contributed by atoms with Crippen LogP contribution in [-0.2, 0) is 6.54 Å². The van der Waals surface area contributed by atoms with Crippen molar-refractivity contribution in [3.8, 4) is 0 Å². The van der Waals surface area contributed by atoms with Crippen molar-refractivity contribution in [1.29, 1.82) is 0 Å². The summed E-state index contributed by atoms with van der Waals surface area (Å²) in [6.45, 7) is 4.30. The molecule has 0 aliphatic carbocycles. The zero-order valence-corrected chi connectivity index (χ0v) is 14.4. The van der Waals surface area contributed by atoms with Gasteiger partial charge in [-0.3, -0.25) is 4.79 Å². The Balaban J connectivity index is 1.73. The Kier molecular flexibility index (Phi) is 4.73. The van der Waals surface area contributed by atoms with Crippen molar-refractivity contribution >= 4 is 11.7 Å². The Morgan fingerprint density at radius 1 is 1.33 bits per heavy atom. The molecule has 1 amide bonds. The van der Waals surface area contributed by atoms with E-state index < -0.39 is 0 Å². The van der Waals surface area contributed by atoms with Gasteiger partial charge >= 0.3 is 0 Å². The molecule has 8 heteroatoms.